The first-order chi connectivity index (χ1) is 19.8. The number of aryl methyl sites for hydroxylation is 1. The molecule has 0 aliphatic carbocycles. The van der Waals surface area contributed by atoms with Gasteiger partial charge in [-0.3, -0.25) is 4.99 Å². The van der Waals surface area contributed by atoms with E-state index in [4.69, 9.17) is 4.99 Å². The number of nitrogens with one attached hydrogen (secondary N) is 1. The SMILES string of the molecule is Cc1ccc(S(=O)(=O)NC(c2ccc(F)cc2)C(N=C(c2ccccc2)c2ccccc2)c2ccc(F)cc2)cc1. The van der Waals surface area contributed by atoms with Gasteiger partial charge in [-0.2, -0.15) is 0 Å². The third kappa shape index (κ3) is 6.82. The van der Waals surface area contributed by atoms with E-state index in [9.17, 15) is 17.2 Å². The summed E-state index contributed by atoms with van der Waals surface area (Å²) in [5.74, 6) is -0.883. The van der Waals surface area contributed by atoms with Gasteiger partial charge < -0.3 is 0 Å². The molecule has 4 nitrogen and oxygen atoms in total. The molecule has 0 aliphatic rings. The molecule has 0 aromatic heterocycles. The Balaban J connectivity index is 1.73. The Morgan fingerprint density at radius 1 is 0.634 bits per heavy atom. The smallest absolute Gasteiger partial charge is 0.241 e. The van der Waals surface area contributed by atoms with E-state index in [-0.39, 0.29) is 4.90 Å². The summed E-state index contributed by atoms with van der Waals surface area (Å²) in [4.78, 5) is 5.27. The quantitative estimate of drug-likeness (QED) is 0.187. The molecule has 0 aliphatic heterocycles. The minimum absolute atomic E-state index is 0.0865. The summed E-state index contributed by atoms with van der Waals surface area (Å²) in [5, 5.41) is 0. The third-order valence-corrected chi connectivity index (χ3v) is 8.19. The highest BCUT2D eigenvalue weighted by molar-refractivity contribution is 7.89. The second kappa shape index (κ2) is 12.4. The van der Waals surface area contributed by atoms with Gasteiger partial charge in [0.25, 0.3) is 0 Å². The first-order valence-corrected chi connectivity index (χ1v) is 14.6. The van der Waals surface area contributed by atoms with Crippen LogP contribution in [0.1, 0.15) is 39.9 Å². The number of benzene rings is 5. The van der Waals surface area contributed by atoms with Crippen LogP contribution in [0.2, 0.25) is 0 Å². The summed E-state index contributed by atoms with van der Waals surface area (Å²) in [5.41, 5.74) is 4.28. The number of sulfonamides is 1. The average molecular weight is 567 g/mol. The molecular formula is C34H28F2N2O2S. The van der Waals surface area contributed by atoms with Crippen molar-refractivity contribution in [2.45, 2.75) is 23.9 Å². The van der Waals surface area contributed by atoms with Gasteiger partial charge in [-0.05, 0) is 54.4 Å². The van der Waals surface area contributed by atoms with Gasteiger partial charge in [0, 0.05) is 11.1 Å². The molecule has 0 saturated heterocycles. The fourth-order valence-electron chi connectivity index (χ4n) is 4.59. The Kier molecular flexibility index (Phi) is 8.47. The van der Waals surface area contributed by atoms with Crippen LogP contribution < -0.4 is 4.72 Å². The van der Waals surface area contributed by atoms with Crippen molar-refractivity contribution >= 4 is 15.7 Å². The van der Waals surface area contributed by atoms with Crippen molar-refractivity contribution in [3.05, 3.63) is 173 Å². The van der Waals surface area contributed by atoms with Gasteiger partial charge in [0.2, 0.25) is 10.0 Å². The molecule has 7 heteroatoms. The van der Waals surface area contributed by atoms with Crippen LogP contribution in [0.25, 0.3) is 0 Å². The minimum Gasteiger partial charge on any atom is -0.274 e. The van der Waals surface area contributed by atoms with Crippen molar-refractivity contribution in [2.24, 2.45) is 4.99 Å². The molecule has 2 atom stereocenters. The lowest BCUT2D eigenvalue weighted by Crippen LogP contribution is -2.33. The molecule has 0 amide bonds. The number of hydrogen-bond acceptors (Lipinski definition) is 3. The van der Waals surface area contributed by atoms with Crippen molar-refractivity contribution < 1.29 is 17.2 Å². The third-order valence-electron chi connectivity index (χ3n) is 6.73. The molecule has 0 saturated carbocycles. The molecule has 206 valence electrons. The monoisotopic (exact) mass is 566 g/mol. The number of halogens is 2. The molecule has 0 radical (unpaired) electrons. The van der Waals surface area contributed by atoms with Crippen LogP contribution in [-0.2, 0) is 10.0 Å². The van der Waals surface area contributed by atoms with Crippen LogP contribution in [0.15, 0.2) is 143 Å². The fraction of sp³-hybridized carbons (Fsp3) is 0.0882. The maximum atomic E-state index is 14.0. The zero-order valence-electron chi connectivity index (χ0n) is 22.3. The molecule has 5 aromatic rings. The average Bonchev–Trinajstić information content (AvgIpc) is 2.99. The van der Waals surface area contributed by atoms with Crippen LogP contribution in [0.4, 0.5) is 8.78 Å². The molecule has 41 heavy (non-hydrogen) atoms. The van der Waals surface area contributed by atoms with Crippen molar-refractivity contribution in [2.75, 3.05) is 0 Å². The van der Waals surface area contributed by atoms with Gasteiger partial charge in [0.15, 0.2) is 0 Å². The number of hydrogen-bond donors (Lipinski definition) is 1. The zero-order chi connectivity index (χ0) is 28.8. The van der Waals surface area contributed by atoms with Crippen LogP contribution in [0.3, 0.4) is 0 Å². The summed E-state index contributed by atoms with van der Waals surface area (Å²) in [6, 6.07) is 35.3. The van der Waals surface area contributed by atoms with E-state index >= 15 is 0 Å². The van der Waals surface area contributed by atoms with Crippen LogP contribution in [0.5, 0.6) is 0 Å². The van der Waals surface area contributed by atoms with E-state index in [2.05, 4.69) is 4.72 Å². The minimum atomic E-state index is -4.05. The Morgan fingerprint density at radius 2 is 1.10 bits per heavy atom. The summed E-state index contributed by atoms with van der Waals surface area (Å²) in [7, 11) is -4.05. The molecule has 5 rings (SSSR count). The largest absolute Gasteiger partial charge is 0.274 e. The van der Waals surface area contributed by atoms with E-state index in [0.29, 0.717) is 16.8 Å². The fourth-order valence-corrected chi connectivity index (χ4v) is 5.82. The summed E-state index contributed by atoms with van der Waals surface area (Å²) in [6.45, 7) is 1.87. The van der Waals surface area contributed by atoms with Crippen LogP contribution >= 0.6 is 0 Å². The lowest BCUT2D eigenvalue weighted by Gasteiger charge is -2.27. The van der Waals surface area contributed by atoms with Crippen LogP contribution in [-0.4, -0.2) is 14.1 Å². The van der Waals surface area contributed by atoms with E-state index in [1.165, 1.54) is 48.5 Å². The maximum Gasteiger partial charge on any atom is 0.241 e. The van der Waals surface area contributed by atoms with E-state index < -0.39 is 33.7 Å². The lowest BCUT2D eigenvalue weighted by molar-refractivity contribution is 0.504. The molecule has 0 spiro atoms. The number of rotatable bonds is 9. The van der Waals surface area contributed by atoms with Gasteiger partial charge in [-0.15, -0.1) is 0 Å². The molecule has 1 N–H and O–H groups in total. The van der Waals surface area contributed by atoms with Gasteiger partial charge in [0.1, 0.15) is 11.6 Å². The normalized spacial score (nSPS) is 12.9. The Bertz CT molecular complexity index is 1680. The second-order valence-electron chi connectivity index (χ2n) is 9.67. The van der Waals surface area contributed by atoms with Gasteiger partial charge in [0.05, 0.1) is 22.7 Å². The second-order valence-corrected chi connectivity index (χ2v) is 11.4. The van der Waals surface area contributed by atoms with Crippen molar-refractivity contribution in [1.29, 1.82) is 0 Å². The van der Waals surface area contributed by atoms with Crippen molar-refractivity contribution in [3.8, 4) is 0 Å². The first kappa shape index (κ1) is 28.1. The Morgan fingerprint density at radius 3 is 1.59 bits per heavy atom. The summed E-state index contributed by atoms with van der Waals surface area (Å²) >= 11 is 0. The van der Waals surface area contributed by atoms with Gasteiger partial charge in [-0.1, -0.05) is 103 Å². The van der Waals surface area contributed by atoms with Crippen LogP contribution in [0, 0.1) is 18.6 Å². The summed E-state index contributed by atoms with van der Waals surface area (Å²) in [6.07, 6.45) is 0. The van der Waals surface area contributed by atoms with E-state index in [1.807, 2.05) is 67.6 Å². The highest BCUT2D eigenvalue weighted by atomic mass is 32.2. The van der Waals surface area contributed by atoms with Crippen molar-refractivity contribution in [3.63, 3.8) is 0 Å². The van der Waals surface area contributed by atoms with E-state index in [1.54, 1.807) is 24.3 Å². The zero-order valence-corrected chi connectivity index (χ0v) is 23.1. The van der Waals surface area contributed by atoms with Gasteiger partial charge >= 0.3 is 0 Å². The highest BCUT2D eigenvalue weighted by Crippen LogP contribution is 2.35. The predicted molar refractivity (Wildman–Crippen MR) is 158 cm³/mol. The summed E-state index contributed by atoms with van der Waals surface area (Å²) < 4.78 is 58.3. The van der Waals surface area contributed by atoms with E-state index in [0.717, 1.165) is 16.7 Å². The maximum absolute atomic E-state index is 14.0. The highest BCUT2D eigenvalue weighted by Gasteiger charge is 2.31. The molecule has 0 bridgehead atoms. The Labute approximate surface area is 239 Å². The first-order valence-electron chi connectivity index (χ1n) is 13.1. The molecule has 0 fully saturated rings. The molecular weight excluding hydrogens is 538 g/mol. The van der Waals surface area contributed by atoms with Crippen molar-refractivity contribution in [1.82, 2.24) is 4.72 Å². The Hall–Kier alpha value is -4.46. The van der Waals surface area contributed by atoms with Gasteiger partial charge in [-0.25, -0.2) is 21.9 Å². The molecule has 2 unspecified atom stereocenters. The molecule has 0 heterocycles. The predicted octanol–water partition coefficient (Wildman–Crippen LogP) is 7.57. The number of nitrogens with zero attached hydrogens (tertiary/aromatic N) is 1. The standard InChI is InChI=1S/C34H28F2N2O2S/c1-24-12-22-31(23-13-24)41(39,40)38-34(28-16-20-30(36)21-17-28)33(27-14-18-29(35)19-15-27)37-32(25-8-4-2-5-9-25)26-10-6-3-7-11-26/h2-23,33-34,38H,1H3. The number of aliphatic imine (C=N–C) groups is 1. The topological polar surface area (TPSA) is 58.5 Å². The lowest BCUT2D eigenvalue weighted by atomic mass is 9.93. The molecule has 5 aromatic carbocycles.